The third-order valence-corrected chi connectivity index (χ3v) is 6.17. The van der Waals surface area contributed by atoms with Crippen LogP contribution >= 0.6 is 0 Å². The first-order valence-electron chi connectivity index (χ1n) is 12.9. The van der Waals surface area contributed by atoms with Gasteiger partial charge < -0.3 is 29.4 Å². The fourth-order valence-corrected chi connectivity index (χ4v) is 4.32. The van der Waals surface area contributed by atoms with Gasteiger partial charge in [0.2, 0.25) is 0 Å². The summed E-state index contributed by atoms with van der Waals surface area (Å²) in [6.07, 6.45) is -0.991. The zero-order valence-corrected chi connectivity index (χ0v) is 21.6. The molecule has 0 radical (unpaired) electrons. The van der Waals surface area contributed by atoms with E-state index in [-0.39, 0.29) is 18.9 Å². The van der Waals surface area contributed by atoms with Crippen LogP contribution in [0.1, 0.15) is 23.6 Å². The van der Waals surface area contributed by atoms with E-state index in [1.807, 2.05) is 91.0 Å². The average molecular weight is 518 g/mol. The maximum absolute atomic E-state index is 12.2. The van der Waals surface area contributed by atoms with E-state index in [1.54, 1.807) is 6.92 Å². The van der Waals surface area contributed by atoms with E-state index in [0.29, 0.717) is 19.8 Å². The lowest BCUT2D eigenvalue weighted by Gasteiger charge is -2.25. The molecular weight excluding hydrogens is 482 g/mol. The first kappa shape index (κ1) is 27.5. The third kappa shape index (κ3) is 8.00. The number of carbonyl (C=O) groups is 1. The van der Waals surface area contributed by atoms with Gasteiger partial charge in [-0.1, -0.05) is 91.0 Å². The maximum Gasteiger partial charge on any atom is 0.332 e. The van der Waals surface area contributed by atoms with Gasteiger partial charge in [0, 0.05) is 11.8 Å². The molecule has 4 atom stereocenters. The molecule has 200 valence electrons. The highest BCUT2D eigenvalue weighted by molar-refractivity contribution is 5.82. The maximum atomic E-state index is 12.2. The summed E-state index contributed by atoms with van der Waals surface area (Å²) in [5, 5.41) is 0. The summed E-state index contributed by atoms with van der Waals surface area (Å²) in [4.78, 5) is 12.2. The summed E-state index contributed by atoms with van der Waals surface area (Å²) in [5.41, 5.74) is 9.69. The molecular formula is C31H35NO6. The van der Waals surface area contributed by atoms with Crippen molar-refractivity contribution in [3.05, 3.63) is 119 Å². The number of ether oxygens (including phenoxy) is 5. The first-order valence-corrected chi connectivity index (χ1v) is 12.9. The molecule has 0 bridgehead atoms. The van der Waals surface area contributed by atoms with Gasteiger partial charge in [-0.05, 0) is 23.6 Å². The van der Waals surface area contributed by atoms with Gasteiger partial charge in [-0.15, -0.1) is 0 Å². The van der Waals surface area contributed by atoms with Crippen LogP contribution in [0.4, 0.5) is 0 Å². The van der Waals surface area contributed by atoms with Crippen molar-refractivity contribution in [1.82, 2.24) is 0 Å². The standard InChI is InChI=1S/C31H35NO6/c1-2-35-28(33)18-26(32)29-31(37-21-25-16-10-5-11-17-25)30(36-20-24-14-8-4-9-15-24)27(38-29)22-34-19-23-12-6-3-7-13-23/h3-18,27,29-31H,2,19-22,32H2,1H3/b26-18-/t27-,29-,30-,31-/m1/s1. The normalized spacial score (nSPS) is 21.3. The Hall–Kier alpha value is -3.49. The van der Waals surface area contributed by atoms with Crippen molar-refractivity contribution >= 4 is 5.97 Å². The van der Waals surface area contributed by atoms with Crippen LogP contribution in [0.25, 0.3) is 0 Å². The second kappa shape index (κ2) is 14.4. The Morgan fingerprint density at radius 2 is 1.29 bits per heavy atom. The van der Waals surface area contributed by atoms with Crippen LogP contribution in [0, 0.1) is 0 Å². The molecule has 0 amide bonds. The smallest absolute Gasteiger partial charge is 0.332 e. The molecule has 1 aliphatic heterocycles. The van der Waals surface area contributed by atoms with Gasteiger partial charge in [0.15, 0.2) is 0 Å². The van der Waals surface area contributed by atoms with E-state index in [1.165, 1.54) is 6.08 Å². The molecule has 0 saturated carbocycles. The molecule has 0 aromatic heterocycles. The monoisotopic (exact) mass is 517 g/mol. The molecule has 2 N–H and O–H groups in total. The quantitative estimate of drug-likeness (QED) is 0.263. The average Bonchev–Trinajstić information content (AvgIpc) is 3.30. The zero-order chi connectivity index (χ0) is 26.6. The Kier molecular flexibility index (Phi) is 10.5. The van der Waals surface area contributed by atoms with Crippen LogP contribution in [-0.4, -0.2) is 43.6 Å². The first-order chi connectivity index (χ1) is 18.6. The van der Waals surface area contributed by atoms with Crippen LogP contribution in [0.15, 0.2) is 103 Å². The molecule has 0 aliphatic carbocycles. The molecule has 0 spiro atoms. The van der Waals surface area contributed by atoms with Crippen LogP contribution < -0.4 is 5.73 Å². The number of nitrogens with two attached hydrogens (primary N) is 1. The lowest BCUT2D eigenvalue weighted by Crippen LogP contribution is -2.40. The fraction of sp³-hybridized carbons (Fsp3) is 0.323. The van der Waals surface area contributed by atoms with Crippen LogP contribution in [0.3, 0.4) is 0 Å². The van der Waals surface area contributed by atoms with E-state index in [9.17, 15) is 4.79 Å². The summed E-state index contributed by atoms with van der Waals surface area (Å²) in [6.45, 7) is 3.39. The van der Waals surface area contributed by atoms with Crippen molar-refractivity contribution in [2.75, 3.05) is 13.2 Å². The van der Waals surface area contributed by atoms with E-state index in [0.717, 1.165) is 16.7 Å². The lowest BCUT2D eigenvalue weighted by molar-refractivity contribution is -0.137. The highest BCUT2D eigenvalue weighted by atomic mass is 16.6. The number of carbonyl (C=O) groups excluding carboxylic acids is 1. The topological polar surface area (TPSA) is 89.2 Å². The van der Waals surface area contributed by atoms with Gasteiger partial charge >= 0.3 is 5.97 Å². The summed E-state index contributed by atoms with van der Waals surface area (Å²) < 4.78 is 30.3. The number of esters is 1. The van der Waals surface area contributed by atoms with Crippen LogP contribution in [0.2, 0.25) is 0 Å². The lowest BCUT2D eigenvalue weighted by atomic mass is 10.0. The molecule has 1 heterocycles. The second-order valence-corrected chi connectivity index (χ2v) is 9.01. The Morgan fingerprint density at radius 1 is 0.789 bits per heavy atom. The molecule has 4 rings (SSSR count). The highest BCUT2D eigenvalue weighted by Crippen LogP contribution is 2.31. The Labute approximate surface area is 224 Å². The number of rotatable bonds is 13. The van der Waals surface area contributed by atoms with Crippen LogP contribution in [-0.2, 0) is 48.3 Å². The predicted octanol–water partition coefficient (Wildman–Crippen LogP) is 4.55. The zero-order valence-electron chi connectivity index (χ0n) is 21.6. The minimum Gasteiger partial charge on any atom is -0.463 e. The number of hydrogen-bond donors (Lipinski definition) is 1. The van der Waals surface area contributed by atoms with Crippen molar-refractivity contribution in [2.24, 2.45) is 5.73 Å². The minimum absolute atomic E-state index is 0.223. The van der Waals surface area contributed by atoms with E-state index in [4.69, 9.17) is 29.4 Å². The van der Waals surface area contributed by atoms with Gasteiger partial charge in [0.05, 0.1) is 33.0 Å². The Bertz CT molecular complexity index is 1140. The van der Waals surface area contributed by atoms with Crippen molar-refractivity contribution in [3.63, 3.8) is 0 Å². The van der Waals surface area contributed by atoms with Gasteiger partial charge in [-0.2, -0.15) is 0 Å². The Morgan fingerprint density at radius 3 is 1.82 bits per heavy atom. The predicted molar refractivity (Wildman–Crippen MR) is 144 cm³/mol. The number of benzene rings is 3. The van der Waals surface area contributed by atoms with Crippen molar-refractivity contribution in [3.8, 4) is 0 Å². The van der Waals surface area contributed by atoms with Crippen LogP contribution in [0.5, 0.6) is 0 Å². The highest BCUT2D eigenvalue weighted by Gasteiger charge is 2.47. The fourth-order valence-electron chi connectivity index (χ4n) is 4.32. The minimum atomic E-state index is -0.714. The second-order valence-electron chi connectivity index (χ2n) is 9.01. The summed E-state index contributed by atoms with van der Waals surface area (Å²) in [5.74, 6) is -0.527. The third-order valence-electron chi connectivity index (χ3n) is 6.17. The molecule has 1 saturated heterocycles. The molecule has 38 heavy (non-hydrogen) atoms. The molecule has 1 fully saturated rings. The van der Waals surface area contributed by atoms with E-state index in [2.05, 4.69) is 0 Å². The molecule has 3 aromatic rings. The van der Waals surface area contributed by atoms with Gasteiger partial charge in [-0.25, -0.2) is 4.79 Å². The SMILES string of the molecule is CCOC(=O)/C=C(\N)[C@H]1O[C@H](COCc2ccccc2)[C@@H](OCc2ccccc2)[C@@H]1OCc1ccccc1. The van der Waals surface area contributed by atoms with Crippen molar-refractivity contribution < 1.29 is 28.5 Å². The summed E-state index contributed by atoms with van der Waals surface area (Å²) in [7, 11) is 0. The molecule has 3 aromatic carbocycles. The van der Waals surface area contributed by atoms with Gasteiger partial charge in [0.1, 0.15) is 24.4 Å². The van der Waals surface area contributed by atoms with Gasteiger partial charge in [0.25, 0.3) is 0 Å². The van der Waals surface area contributed by atoms with Gasteiger partial charge in [-0.3, -0.25) is 0 Å². The van der Waals surface area contributed by atoms with E-state index >= 15 is 0 Å². The molecule has 7 nitrogen and oxygen atoms in total. The molecule has 7 heteroatoms. The van der Waals surface area contributed by atoms with Crippen molar-refractivity contribution in [1.29, 1.82) is 0 Å². The molecule has 0 unspecified atom stereocenters. The number of hydrogen-bond acceptors (Lipinski definition) is 7. The summed E-state index contributed by atoms with van der Waals surface area (Å²) >= 11 is 0. The van der Waals surface area contributed by atoms with Crippen molar-refractivity contribution in [2.45, 2.75) is 51.2 Å². The Balaban J connectivity index is 1.54. The molecule has 1 aliphatic rings. The van der Waals surface area contributed by atoms with E-state index < -0.39 is 30.4 Å². The summed E-state index contributed by atoms with van der Waals surface area (Å²) in [6, 6.07) is 29.7. The largest absolute Gasteiger partial charge is 0.463 e.